The second-order valence-corrected chi connectivity index (χ2v) is 19.5. The summed E-state index contributed by atoms with van der Waals surface area (Å²) in [4.78, 5) is 19.3. The van der Waals surface area contributed by atoms with Crippen molar-refractivity contribution in [2.24, 2.45) is 0 Å². The number of aromatic nitrogens is 1. The lowest BCUT2D eigenvalue weighted by Gasteiger charge is -2.30. The number of nitrogens with zero attached hydrogens (tertiary/aromatic N) is 3. The summed E-state index contributed by atoms with van der Waals surface area (Å²) in [6.45, 7) is 8.01. The molecule has 0 fully saturated rings. The fourth-order valence-electron chi connectivity index (χ4n) is 8.01. The summed E-state index contributed by atoms with van der Waals surface area (Å²) in [5.41, 5.74) is 2.52. The van der Waals surface area contributed by atoms with Crippen molar-refractivity contribution in [1.82, 2.24) is 9.31 Å². The van der Waals surface area contributed by atoms with Gasteiger partial charge in [0.05, 0.1) is 75.8 Å². The van der Waals surface area contributed by atoms with Gasteiger partial charge >= 0.3 is 5.97 Å². The van der Waals surface area contributed by atoms with Gasteiger partial charge in [-0.2, -0.15) is 16.8 Å². The maximum atomic E-state index is 12.5. The van der Waals surface area contributed by atoms with Gasteiger partial charge in [0.25, 0.3) is 20.2 Å². The summed E-state index contributed by atoms with van der Waals surface area (Å²) in [7, 11) is -5.71. The Bertz CT molecular complexity index is 2590. The van der Waals surface area contributed by atoms with Gasteiger partial charge in [-0.1, -0.05) is 18.6 Å². The molecule has 20 nitrogen and oxygen atoms in total. The van der Waals surface area contributed by atoms with E-state index >= 15 is 0 Å². The van der Waals surface area contributed by atoms with E-state index < -0.39 is 49.1 Å². The third kappa shape index (κ3) is 16.7. The Morgan fingerprint density at radius 1 is 0.757 bits per heavy atom. The number of ether oxygens (including phenoxy) is 6. The Morgan fingerprint density at radius 2 is 1.39 bits per heavy atom. The molecular formula is C48H66N3O17S2+. The monoisotopic (exact) mass is 1020 g/mol. The Labute approximate surface area is 409 Å². The van der Waals surface area contributed by atoms with Crippen LogP contribution in [0.3, 0.4) is 0 Å². The number of fused-ring (bicyclic) bond motifs is 2. The molecule has 22 heteroatoms. The fourth-order valence-corrected chi connectivity index (χ4v) is 9.03. The molecule has 1 atom stereocenters. The van der Waals surface area contributed by atoms with Gasteiger partial charge in [0, 0.05) is 67.7 Å². The van der Waals surface area contributed by atoms with Crippen LogP contribution in [0.5, 0.6) is 11.8 Å². The average Bonchev–Trinajstić information content (AvgIpc) is 3.75. The topological polar surface area (TPSA) is 255 Å². The highest BCUT2D eigenvalue weighted by Gasteiger charge is 2.43. The van der Waals surface area contributed by atoms with E-state index in [9.17, 15) is 40.9 Å². The second kappa shape index (κ2) is 27.5. The molecule has 3 aliphatic rings. The van der Waals surface area contributed by atoms with Gasteiger partial charge in [0.2, 0.25) is 17.1 Å². The molecule has 386 valence electrons. The van der Waals surface area contributed by atoms with Crippen LogP contribution in [0.1, 0.15) is 56.6 Å². The molecule has 0 saturated carbocycles. The van der Waals surface area contributed by atoms with Crippen LogP contribution in [0.15, 0.2) is 88.0 Å². The van der Waals surface area contributed by atoms with Crippen LogP contribution >= 0.6 is 0 Å². The second-order valence-electron chi connectivity index (χ2n) is 16.5. The molecule has 0 radical (unpaired) electrons. The molecule has 5 rings (SSSR count). The normalized spacial score (nSPS) is 15.7. The van der Waals surface area contributed by atoms with Crippen LogP contribution in [0.25, 0.3) is 17.4 Å². The van der Waals surface area contributed by atoms with Crippen molar-refractivity contribution in [3.63, 3.8) is 0 Å². The maximum Gasteiger partial charge on any atom is 0.333 e. The Hall–Kier alpha value is -5.14. The number of hydrogen-bond donors (Lipinski definition) is 4. The SMILES string of the molecule is COCCOCCOCC[N+](CCOCCOCCOC)=c1ccc2c(C=CC=C3N(CCCCCC(=O)On4c(O)ccc4O)c4ccc(S(=O)(=O)O)cc4C3(C)CCCS(=O)(=O)O)ccoc-2c1. The van der Waals surface area contributed by atoms with Gasteiger partial charge in [0.1, 0.15) is 19.0 Å². The minimum absolute atomic E-state index is 0.0124. The van der Waals surface area contributed by atoms with E-state index in [1.807, 2.05) is 54.3 Å². The summed E-state index contributed by atoms with van der Waals surface area (Å²) in [6.07, 6.45) is 8.92. The van der Waals surface area contributed by atoms with Crippen LogP contribution in [-0.4, -0.2) is 153 Å². The van der Waals surface area contributed by atoms with E-state index in [-0.39, 0.29) is 24.2 Å². The summed E-state index contributed by atoms with van der Waals surface area (Å²) in [5.74, 6) is -1.44. The van der Waals surface area contributed by atoms with Crippen molar-refractivity contribution in [2.45, 2.75) is 55.8 Å². The lowest BCUT2D eigenvalue weighted by atomic mass is 9.77. The zero-order valence-electron chi connectivity index (χ0n) is 39.9. The van der Waals surface area contributed by atoms with Crippen molar-refractivity contribution < 1.29 is 78.6 Å². The first kappa shape index (κ1) is 55.8. The van der Waals surface area contributed by atoms with Crippen LogP contribution in [0, 0.1) is 0 Å². The zero-order valence-corrected chi connectivity index (χ0v) is 41.5. The number of carbonyl (C=O) groups excluding carboxylic acids is 1. The molecule has 0 amide bonds. The highest BCUT2D eigenvalue weighted by atomic mass is 32.2. The molecule has 2 aliphatic heterocycles. The van der Waals surface area contributed by atoms with Crippen LogP contribution < -0.4 is 19.7 Å². The number of benzene rings is 2. The molecule has 3 heterocycles. The fraction of sp³-hybridized carbons (Fsp3) is 0.500. The summed E-state index contributed by atoms with van der Waals surface area (Å²) in [5, 5.41) is 20.5. The van der Waals surface area contributed by atoms with E-state index in [0.29, 0.717) is 132 Å². The van der Waals surface area contributed by atoms with Gasteiger partial charge < -0.3 is 52.8 Å². The van der Waals surface area contributed by atoms with Gasteiger partial charge in [-0.25, -0.2) is 9.37 Å². The van der Waals surface area contributed by atoms with Crippen LogP contribution in [0.4, 0.5) is 5.69 Å². The van der Waals surface area contributed by atoms with E-state index in [1.165, 1.54) is 24.3 Å². The number of rotatable bonds is 32. The lowest BCUT2D eigenvalue weighted by Crippen LogP contribution is -2.36. The van der Waals surface area contributed by atoms with E-state index in [0.717, 1.165) is 16.5 Å². The quantitative estimate of drug-likeness (QED) is 0.0298. The molecule has 1 aromatic carbocycles. The largest absolute Gasteiger partial charge is 0.492 e. The number of carbonyl (C=O) groups is 1. The zero-order chi connectivity index (χ0) is 50.6. The highest BCUT2D eigenvalue weighted by Crippen LogP contribution is 2.51. The van der Waals surface area contributed by atoms with Crippen molar-refractivity contribution in [3.05, 3.63) is 95.2 Å². The molecule has 1 aromatic heterocycles. The van der Waals surface area contributed by atoms with Crippen LogP contribution in [0.2, 0.25) is 0 Å². The predicted molar refractivity (Wildman–Crippen MR) is 259 cm³/mol. The molecule has 2 aromatic rings. The molecule has 1 unspecified atom stereocenters. The molecule has 70 heavy (non-hydrogen) atoms. The molecule has 4 N–H and O–H groups in total. The predicted octanol–water partition coefficient (Wildman–Crippen LogP) is 4.53. The first-order valence-corrected chi connectivity index (χ1v) is 26.0. The summed E-state index contributed by atoms with van der Waals surface area (Å²) >= 11 is 0. The highest BCUT2D eigenvalue weighted by molar-refractivity contribution is 7.86. The average molecular weight is 1020 g/mol. The first-order valence-electron chi connectivity index (χ1n) is 23.0. The number of aromatic hydroxyl groups is 2. The summed E-state index contributed by atoms with van der Waals surface area (Å²) in [6, 6.07) is 14.4. The Morgan fingerprint density at radius 3 is 2.00 bits per heavy atom. The first-order chi connectivity index (χ1) is 33.6. The van der Waals surface area contributed by atoms with Crippen molar-refractivity contribution in [2.75, 3.05) is 111 Å². The molecule has 1 aliphatic carbocycles. The van der Waals surface area contributed by atoms with E-state index in [2.05, 4.69) is 4.58 Å². The van der Waals surface area contributed by atoms with Crippen molar-refractivity contribution >= 4 is 38.0 Å². The minimum atomic E-state index is -4.62. The molecular weight excluding hydrogens is 955 g/mol. The Kier molecular flexibility index (Phi) is 21.9. The van der Waals surface area contributed by atoms with Gasteiger partial charge in [-0.05, 0) is 80.1 Å². The lowest BCUT2D eigenvalue weighted by molar-refractivity contribution is -0.145. The number of anilines is 1. The van der Waals surface area contributed by atoms with Gasteiger partial charge in [-0.15, -0.1) is 4.73 Å². The van der Waals surface area contributed by atoms with E-state index in [1.54, 1.807) is 26.5 Å². The van der Waals surface area contributed by atoms with Crippen LogP contribution in [-0.2, 0) is 58.9 Å². The number of hydrogen-bond acceptors (Lipinski definition) is 16. The standard InChI is InChI=1S/C48H65N3O17S2/c1-48(19-8-34-69(55,56)57)41-36-39(70(58,59)60)13-15-42(41)50(20-6-4-5-11-47(54)68-51-45(52)16-17-46(51)53)44(48)10-7-9-37-18-23-67-43-35-38(12-14-40(37)43)49(21-24-63-30-32-65-28-26-61-2)22-25-64-31-33-66-29-27-62-3/h7,9-10,12-18,23,35-36H,4-6,8,11,19-22,24-34H2,1-3H3,(H3-,52,53,55,56,57,58,59,60)/p+1. The molecule has 0 spiro atoms. The third-order valence-electron chi connectivity index (χ3n) is 11.6. The summed E-state index contributed by atoms with van der Waals surface area (Å²) < 4.78 is 110. The number of allylic oxidation sites excluding steroid dienone is 3. The van der Waals surface area contributed by atoms with E-state index in [4.69, 9.17) is 37.7 Å². The van der Waals surface area contributed by atoms with Crippen molar-refractivity contribution in [1.29, 1.82) is 0 Å². The maximum absolute atomic E-state index is 12.5. The van der Waals surface area contributed by atoms with Gasteiger partial charge in [-0.3, -0.25) is 9.11 Å². The number of methoxy groups -OCH3 is 2. The smallest absolute Gasteiger partial charge is 0.333 e. The minimum Gasteiger partial charge on any atom is -0.492 e. The Balaban J connectivity index is 1.41. The third-order valence-corrected chi connectivity index (χ3v) is 13.2. The number of unbranched alkanes of at least 4 members (excludes halogenated alkanes) is 2. The van der Waals surface area contributed by atoms with Gasteiger partial charge in [0.15, 0.2) is 13.1 Å². The van der Waals surface area contributed by atoms with Crippen molar-refractivity contribution in [3.8, 4) is 23.1 Å². The molecule has 0 bridgehead atoms. The molecule has 0 saturated heterocycles.